The van der Waals surface area contributed by atoms with Crippen molar-refractivity contribution in [1.82, 2.24) is 10.2 Å². The topological polar surface area (TPSA) is 15.3 Å². The molecule has 0 fully saturated rings. The van der Waals surface area contributed by atoms with Gasteiger partial charge in [-0.1, -0.05) is 28.1 Å². The van der Waals surface area contributed by atoms with Crippen molar-refractivity contribution >= 4 is 27.3 Å². The average Bonchev–Trinajstić information content (AvgIpc) is 2.86. The molecule has 0 aliphatic rings. The van der Waals surface area contributed by atoms with Crippen LogP contribution in [0.1, 0.15) is 16.7 Å². The van der Waals surface area contributed by atoms with Crippen molar-refractivity contribution in [3.63, 3.8) is 0 Å². The Kier molecular flexibility index (Phi) is 5.58. The predicted molar refractivity (Wildman–Crippen MR) is 86.4 cm³/mol. The van der Waals surface area contributed by atoms with Crippen LogP contribution in [0.3, 0.4) is 0 Å². The molecule has 2 rings (SSSR count). The number of hydrogen-bond acceptors (Lipinski definition) is 3. The summed E-state index contributed by atoms with van der Waals surface area (Å²) in [5, 5.41) is 7.51. The monoisotopic (exact) mass is 338 g/mol. The maximum atomic E-state index is 3.67. The summed E-state index contributed by atoms with van der Waals surface area (Å²) >= 11 is 5.43. The van der Waals surface area contributed by atoms with Crippen LogP contribution < -0.4 is 5.32 Å². The standard InChI is InChI=1S/C15H19BrN2S/c1-17-8-12-3-4-14(15(16)7-12)10-18(2)9-13-5-6-19-11-13/h3-7,11,17H,8-10H2,1-2H3. The first kappa shape index (κ1) is 14.7. The van der Waals surface area contributed by atoms with Gasteiger partial charge < -0.3 is 5.32 Å². The Morgan fingerprint density at radius 3 is 2.68 bits per heavy atom. The molecule has 2 aromatic rings. The van der Waals surface area contributed by atoms with E-state index in [0.717, 1.165) is 19.6 Å². The third-order valence-corrected chi connectivity index (χ3v) is 4.44. The van der Waals surface area contributed by atoms with E-state index >= 15 is 0 Å². The van der Waals surface area contributed by atoms with Crippen LogP contribution in [0.2, 0.25) is 0 Å². The third-order valence-electron chi connectivity index (χ3n) is 2.97. The van der Waals surface area contributed by atoms with Crippen LogP contribution >= 0.6 is 27.3 Å². The molecule has 2 nitrogen and oxygen atoms in total. The molecule has 1 heterocycles. The van der Waals surface area contributed by atoms with E-state index in [0.29, 0.717) is 0 Å². The maximum Gasteiger partial charge on any atom is 0.0245 e. The first-order valence-corrected chi connectivity index (χ1v) is 8.04. The number of nitrogens with one attached hydrogen (secondary N) is 1. The van der Waals surface area contributed by atoms with E-state index in [1.165, 1.54) is 21.2 Å². The van der Waals surface area contributed by atoms with Gasteiger partial charge in [0.25, 0.3) is 0 Å². The summed E-state index contributed by atoms with van der Waals surface area (Å²) in [5.74, 6) is 0. The Labute approximate surface area is 127 Å². The highest BCUT2D eigenvalue weighted by Gasteiger charge is 2.06. The molecule has 0 radical (unpaired) electrons. The van der Waals surface area contributed by atoms with Crippen molar-refractivity contribution in [2.45, 2.75) is 19.6 Å². The van der Waals surface area contributed by atoms with Gasteiger partial charge in [-0.05, 0) is 53.7 Å². The van der Waals surface area contributed by atoms with Crippen molar-refractivity contribution in [2.24, 2.45) is 0 Å². The van der Waals surface area contributed by atoms with Crippen molar-refractivity contribution < 1.29 is 0 Å². The highest BCUT2D eigenvalue weighted by Crippen LogP contribution is 2.21. The van der Waals surface area contributed by atoms with Crippen molar-refractivity contribution in [3.05, 3.63) is 56.2 Å². The van der Waals surface area contributed by atoms with Gasteiger partial charge in [-0.3, -0.25) is 4.90 Å². The lowest BCUT2D eigenvalue weighted by molar-refractivity contribution is 0.319. The summed E-state index contributed by atoms with van der Waals surface area (Å²) in [5.41, 5.74) is 4.02. The van der Waals surface area contributed by atoms with E-state index in [9.17, 15) is 0 Å². The van der Waals surface area contributed by atoms with Crippen LogP contribution in [0.5, 0.6) is 0 Å². The molecule has 1 N–H and O–H groups in total. The fraction of sp³-hybridized carbons (Fsp3) is 0.333. The highest BCUT2D eigenvalue weighted by molar-refractivity contribution is 9.10. The molecule has 0 saturated heterocycles. The van der Waals surface area contributed by atoms with Gasteiger partial charge >= 0.3 is 0 Å². The molecule has 0 unspecified atom stereocenters. The number of rotatable bonds is 6. The molecule has 1 aromatic carbocycles. The molecule has 0 atom stereocenters. The number of hydrogen-bond donors (Lipinski definition) is 1. The van der Waals surface area contributed by atoms with E-state index in [-0.39, 0.29) is 0 Å². The van der Waals surface area contributed by atoms with Crippen molar-refractivity contribution in [3.8, 4) is 0 Å². The molecule has 0 aliphatic carbocycles. The molecule has 0 spiro atoms. The van der Waals surface area contributed by atoms with Gasteiger partial charge in [0.1, 0.15) is 0 Å². The fourth-order valence-corrected chi connectivity index (χ4v) is 3.29. The minimum Gasteiger partial charge on any atom is -0.316 e. The van der Waals surface area contributed by atoms with Gasteiger partial charge in [-0.25, -0.2) is 0 Å². The fourth-order valence-electron chi connectivity index (χ4n) is 2.07. The molecule has 4 heteroatoms. The van der Waals surface area contributed by atoms with Crippen LogP contribution in [0.15, 0.2) is 39.5 Å². The van der Waals surface area contributed by atoms with Crippen molar-refractivity contribution in [2.75, 3.05) is 14.1 Å². The third kappa shape index (κ3) is 4.42. The number of thiophene rings is 1. The average molecular weight is 339 g/mol. The summed E-state index contributed by atoms with van der Waals surface area (Å²) in [4.78, 5) is 2.33. The Bertz CT molecular complexity index is 511. The Morgan fingerprint density at radius 2 is 2.05 bits per heavy atom. The van der Waals surface area contributed by atoms with Crippen LogP contribution in [0, 0.1) is 0 Å². The zero-order valence-corrected chi connectivity index (χ0v) is 13.7. The predicted octanol–water partition coefficient (Wildman–Crippen LogP) is 3.86. The van der Waals surface area contributed by atoms with Crippen LogP contribution in [0.4, 0.5) is 0 Å². The SMILES string of the molecule is CNCc1ccc(CN(C)Cc2ccsc2)c(Br)c1. The van der Waals surface area contributed by atoms with Gasteiger partial charge in [-0.2, -0.15) is 11.3 Å². The van der Waals surface area contributed by atoms with E-state index in [2.05, 4.69) is 68.2 Å². The number of benzene rings is 1. The molecule has 0 aliphatic heterocycles. The van der Waals surface area contributed by atoms with Crippen LogP contribution in [0.25, 0.3) is 0 Å². The zero-order chi connectivity index (χ0) is 13.7. The van der Waals surface area contributed by atoms with Gasteiger partial charge in [0.2, 0.25) is 0 Å². The highest BCUT2D eigenvalue weighted by atomic mass is 79.9. The zero-order valence-electron chi connectivity index (χ0n) is 11.3. The molecular formula is C15H19BrN2S. The lowest BCUT2D eigenvalue weighted by Crippen LogP contribution is -2.17. The lowest BCUT2D eigenvalue weighted by atomic mass is 10.1. The van der Waals surface area contributed by atoms with Gasteiger partial charge in [0, 0.05) is 24.1 Å². The second-order valence-electron chi connectivity index (χ2n) is 4.76. The Hall–Kier alpha value is -0.680. The first-order chi connectivity index (χ1) is 9.19. The normalized spacial score (nSPS) is 11.2. The minimum atomic E-state index is 0.906. The molecule has 19 heavy (non-hydrogen) atoms. The Balaban J connectivity index is 1.98. The van der Waals surface area contributed by atoms with Gasteiger partial charge in [0.05, 0.1) is 0 Å². The maximum absolute atomic E-state index is 3.67. The second kappa shape index (κ2) is 7.20. The van der Waals surface area contributed by atoms with Crippen molar-refractivity contribution in [1.29, 1.82) is 0 Å². The summed E-state index contributed by atoms with van der Waals surface area (Å²) in [7, 11) is 4.13. The molecular weight excluding hydrogens is 320 g/mol. The smallest absolute Gasteiger partial charge is 0.0245 e. The van der Waals surface area contributed by atoms with Crippen LogP contribution in [-0.2, 0) is 19.6 Å². The molecule has 1 aromatic heterocycles. The minimum absolute atomic E-state index is 0.906. The number of nitrogens with zero attached hydrogens (tertiary/aromatic N) is 1. The van der Waals surface area contributed by atoms with Gasteiger partial charge in [0.15, 0.2) is 0 Å². The van der Waals surface area contributed by atoms with E-state index in [4.69, 9.17) is 0 Å². The summed E-state index contributed by atoms with van der Waals surface area (Å²) in [6, 6.07) is 8.78. The molecule has 0 amide bonds. The Morgan fingerprint density at radius 1 is 1.21 bits per heavy atom. The molecule has 102 valence electrons. The first-order valence-electron chi connectivity index (χ1n) is 6.30. The lowest BCUT2D eigenvalue weighted by Gasteiger charge is -2.17. The largest absolute Gasteiger partial charge is 0.316 e. The van der Waals surface area contributed by atoms with Gasteiger partial charge in [-0.15, -0.1) is 0 Å². The summed E-state index contributed by atoms with van der Waals surface area (Å²) < 4.78 is 1.19. The quantitative estimate of drug-likeness (QED) is 0.860. The second-order valence-corrected chi connectivity index (χ2v) is 6.39. The number of halogens is 1. The van der Waals surface area contributed by atoms with E-state index < -0.39 is 0 Å². The summed E-state index contributed by atoms with van der Waals surface area (Å²) in [6.07, 6.45) is 0. The summed E-state index contributed by atoms with van der Waals surface area (Å²) in [6.45, 7) is 2.86. The molecule has 0 saturated carbocycles. The van der Waals surface area contributed by atoms with E-state index in [1.54, 1.807) is 11.3 Å². The molecule has 0 bridgehead atoms. The van der Waals surface area contributed by atoms with E-state index in [1.807, 2.05) is 7.05 Å². The van der Waals surface area contributed by atoms with Crippen LogP contribution in [-0.4, -0.2) is 19.0 Å².